The summed E-state index contributed by atoms with van der Waals surface area (Å²) in [4.78, 5) is 0. The summed E-state index contributed by atoms with van der Waals surface area (Å²) < 4.78 is 0. The molecule has 1 aliphatic carbocycles. The van der Waals surface area contributed by atoms with Crippen LogP contribution in [0.2, 0.25) is 5.02 Å². The summed E-state index contributed by atoms with van der Waals surface area (Å²) in [6, 6.07) is 17.5. The third kappa shape index (κ3) is 3.30. The van der Waals surface area contributed by atoms with Crippen molar-refractivity contribution in [2.45, 2.75) is 38.1 Å². The van der Waals surface area contributed by atoms with Crippen molar-refractivity contribution in [3.05, 3.63) is 70.2 Å². The molecule has 0 heterocycles. The summed E-state index contributed by atoms with van der Waals surface area (Å²) in [5.74, 6) is 0.775. The Morgan fingerprint density at radius 3 is 2.48 bits per heavy atom. The highest BCUT2D eigenvalue weighted by Gasteiger charge is 2.21. The predicted octanol–water partition coefficient (Wildman–Crippen LogP) is 5.31. The summed E-state index contributed by atoms with van der Waals surface area (Å²) in [7, 11) is 0. The zero-order chi connectivity index (χ0) is 14.7. The van der Waals surface area contributed by atoms with Crippen molar-refractivity contribution in [2.24, 2.45) is 0 Å². The predicted molar refractivity (Wildman–Crippen MR) is 90.0 cm³/mol. The van der Waals surface area contributed by atoms with Crippen LogP contribution in [0, 0.1) is 0 Å². The van der Waals surface area contributed by atoms with Crippen molar-refractivity contribution in [3.8, 4) is 0 Å². The number of hydrogen-bond donors (Lipinski definition) is 1. The maximum Gasteiger partial charge on any atom is 0.0576 e. The van der Waals surface area contributed by atoms with E-state index in [-0.39, 0.29) is 6.04 Å². The van der Waals surface area contributed by atoms with Gasteiger partial charge in [-0.2, -0.15) is 0 Å². The van der Waals surface area contributed by atoms with E-state index < -0.39 is 0 Å². The molecule has 0 amide bonds. The van der Waals surface area contributed by atoms with Crippen LogP contribution < -0.4 is 5.32 Å². The fourth-order valence-electron chi connectivity index (χ4n) is 3.02. The van der Waals surface area contributed by atoms with Crippen LogP contribution in [-0.4, -0.2) is 6.54 Å². The third-order valence-corrected chi connectivity index (χ3v) is 4.68. The van der Waals surface area contributed by atoms with Gasteiger partial charge >= 0.3 is 0 Å². The molecule has 1 saturated carbocycles. The molecule has 1 nitrogen and oxygen atoms in total. The Balaban J connectivity index is 1.91. The van der Waals surface area contributed by atoms with Crippen molar-refractivity contribution in [1.29, 1.82) is 0 Å². The van der Waals surface area contributed by atoms with Gasteiger partial charge in [-0.05, 0) is 54.1 Å². The van der Waals surface area contributed by atoms with E-state index in [4.69, 9.17) is 11.6 Å². The topological polar surface area (TPSA) is 12.0 Å². The average Bonchev–Trinajstić information content (AvgIpc) is 2.44. The molecule has 0 aliphatic heterocycles. The van der Waals surface area contributed by atoms with Gasteiger partial charge in [0.05, 0.1) is 6.04 Å². The number of nitrogens with one attached hydrogen (secondary N) is 1. The number of halogens is 1. The first-order valence-corrected chi connectivity index (χ1v) is 8.24. The van der Waals surface area contributed by atoms with Crippen molar-refractivity contribution < 1.29 is 0 Å². The molecule has 1 N–H and O–H groups in total. The Kier molecular flexibility index (Phi) is 4.62. The molecule has 0 saturated heterocycles. The van der Waals surface area contributed by atoms with Crippen LogP contribution in [0.4, 0.5) is 0 Å². The molecular weight excluding hydrogens is 278 g/mol. The fourth-order valence-corrected chi connectivity index (χ4v) is 3.15. The van der Waals surface area contributed by atoms with Crippen LogP contribution in [0.5, 0.6) is 0 Å². The maximum atomic E-state index is 6.01. The van der Waals surface area contributed by atoms with Crippen LogP contribution in [0.1, 0.15) is 54.8 Å². The SMILES string of the molecule is CCNC(c1ccc(Cl)cc1)c1cccc(C2CCC2)c1. The molecule has 21 heavy (non-hydrogen) atoms. The summed E-state index contributed by atoms with van der Waals surface area (Å²) in [5, 5.41) is 4.38. The number of rotatable bonds is 5. The summed E-state index contributed by atoms with van der Waals surface area (Å²) in [6.07, 6.45) is 4.06. The Bertz CT molecular complexity index is 587. The lowest BCUT2D eigenvalue weighted by Crippen LogP contribution is -2.22. The molecule has 2 aromatic carbocycles. The zero-order valence-electron chi connectivity index (χ0n) is 12.5. The van der Waals surface area contributed by atoms with Gasteiger partial charge in [-0.1, -0.05) is 61.3 Å². The van der Waals surface area contributed by atoms with Gasteiger partial charge in [0.1, 0.15) is 0 Å². The Morgan fingerprint density at radius 2 is 1.86 bits per heavy atom. The van der Waals surface area contributed by atoms with Gasteiger partial charge in [0.15, 0.2) is 0 Å². The van der Waals surface area contributed by atoms with E-state index in [1.807, 2.05) is 12.1 Å². The van der Waals surface area contributed by atoms with Crippen molar-refractivity contribution >= 4 is 11.6 Å². The van der Waals surface area contributed by atoms with Crippen LogP contribution >= 0.6 is 11.6 Å². The van der Waals surface area contributed by atoms with Crippen molar-refractivity contribution in [1.82, 2.24) is 5.32 Å². The Morgan fingerprint density at radius 1 is 1.10 bits per heavy atom. The second-order valence-electron chi connectivity index (χ2n) is 5.84. The van der Waals surface area contributed by atoms with E-state index in [0.29, 0.717) is 0 Å². The minimum Gasteiger partial charge on any atom is -0.307 e. The number of benzene rings is 2. The molecule has 0 spiro atoms. The van der Waals surface area contributed by atoms with Crippen LogP contribution in [0.3, 0.4) is 0 Å². The van der Waals surface area contributed by atoms with Gasteiger partial charge in [-0.15, -0.1) is 0 Å². The van der Waals surface area contributed by atoms with E-state index in [1.165, 1.54) is 36.0 Å². The van der Waals surface area contributed by atoms with Crippen molar-refractivity contribution in [2.75, 3.05) is 6.54 Å². The van der Waals surface area contributed by atoms with Crippen molar-refractivity contribution in [3.63, 3.8) is 0 Å². The molecule has 1 atom stereocenters. The average molecular weight is 300 g/mol. The molecule has 0 bridgehead atoms. The number of hydrogen-bond acceptors (Lipinski definition) is 1. The first kappa shape index (κ1) is 14.6. The van der Waals surface area contributed by atoms with Crippen LogP contribution in [-0.2, 0) is 0 Å². The standard InChI is InChI=1S/C19H22ClN/c1-2-21-19(15-9-11-18(20)12-10-15)17-8-4-7-16(13-17)14-5-3-6-14/h4,7-14,19,21H,2-3,5-6H2,1H3. The molecule has 1 unspecified atom stereocenters. The van der Waals surface area contributed by atoms with Gasteiger partial charge in [-0.25, -0.2) is 0 Å². The van der Waals surface area contributed by atoms with Gasteiger partial charge in [-0.3, -0.25) is 0 Å². The smallest absolute Gasteiger partial charge is 0.0576 e. The highest BCUT2D eigenvalue weighted by Crippen LogP contribution is 2.37. The largest absolute Gasteiger partial charge is 0.307 e. The molecule has 1 aliphatic rings. The first-order chi connectivity index (χ1) is 10.3. The highest BCUT2D eigenvalue weighted by molar-refractivity contribution is 6.30. The highest BCUT2D eigenvalue weighted by atomic mass is 35.5. The minimum atomic E-state index is 0.243. The zero-order valence-corrected chi connectivity index (χ0v) is 13.2. The van der Waals surface area contributed by atoms with E-state index in [2.05, 4.69) is 48.6 Å². The summed E-state index contributed by atoms with van der Waals surface area (Å²) in [6.45, 7) is 3.10. The molecule has 0 radical (unpaired) electrons. The third-order valence-electron chi connectivity index (χ3n) is 4.43. The molecule has 3 rings (SSSR count). The van der Waals surface area contributed by atoms with Crippen LogP contribution in [0.25, 0.3) is 0 Å². The molecule has 0 aromatic heterocycles. The molecule has 110 valence electrons. The lowest BCUT2D eigenvalue weighted by molar-refractivity contribution is 0.419. The second-order valence-corrected chi connectivity index (χ2v) is 6.28. The molecular formula is C19H22ClN. The van der Waals surface area contributed by atoms with Gasteiger partial charge in [0, 0.05) is 5.02 Å². The monoisotopic (exact) mass is 299 g/mol. The Labute approximate surface area is 132 Å². The quantitative estimate of drug-likeness (QED) is 0.789. The lowest BCUT2D eigenvalue weighted by atomic mass is 9.79. The maximum absolute atomic E-state index is 6.01. The second kappa shape index (κ2) is 6.64. The summed E-state index contributed by atoms with van der Waals surface area (Å²) in [5.41, 5.74) is 4.12. The minimum absolute atomic E-state index is 0.243. The van der Waals surface area contributed by atoms with Gasteiger partial charge in [0.25, 0.3) is 0 Å². The molecule has 1 fully saturated rings. The molecule has 2 aromatic rings. The Hall–Kier alpha value is -1.31. The lowest BCUT2D eigenvalue weighted by Gasteiger charge is -2.27. The van der Waals surface area contributed by atoms with Gasteiger partial charge in [0.2, 0.25) is 0 Å². The van der Waals surface area contributed by atoms with E-state index in [1.54, 1.807) is 0 Å². The summed E-state index contributed by atoms with van der Waals surface area (Å²) >= 11 is 6.01. The fraction of sp³-hybridized carbons (Fsp3) is 0.368. The normalized spacial score (nSPS) is 16.5. The van der Waals surface area contributed by atoms with E-state index in [0.717, 1.165) is 17.5 Å². The van der Waals surface area contributed by atoms with E-state index in [9.17, 15) is 0 Å². The van der Waals surface area contributed by atoms with Crippen LogP contribution in [0.15, 0.2) is 48.5 Å². The van der Waals surface area contributed by atoms with E-state index >= 15 is 0 Å². The molecule has 2 heteroatoms. The van der Waals surface area contributed by atoms with Gasteiger partial charge < -0.3 is 5.32 Å². The first-order valence-electron chi connectivity index (χ1n) is 7.86.